The van der Waals surface area contributed by atoms with Crippen molar-refractivity contribution < 1.29 is 21.6 Å². The van der Waals surface area contributed by atoms with Crippen molar-refractivity contribution in [3.05, 3.63) is 36.4 Å². The van der Waals surface area contributed by atoms with Gasteiger partial charge in [-0.2, -0.15) is 0 Å². The van der Waals surface area contributed by atoms with E-state index in [1.807, 2.05) is 16.9 Å². The molecule has 1 aromatic carbocycles. The number of sulfone groups is 1. The Balaban J connectivity index is 2.23. The van der Waals surface area contributed by atoms with E-state index >= 15 is 0 Å². The minimum Gasteiger partial charge on any atom is -0.274 e. The molecular formula is C14H17NO5S2. The molecule has 0 fully saturated rings. The molecule has 120 valence electrons. The molecule has 0 radical (unpaired) electrons. The molecule has 1 amide bonds. The first-order valence-corrected chi connectivity index (χ1v) is 10.1. The van der Waals surface area contributed by atoms with Crippen LogP contribution in [0.2, 0.25) is 0 Å². The Bertz CT molecular complexity index is 809. The lowest BCUT2D eigenvalue weighted by Gasteiger charge is -2.17. The maximum atomic E-state index is 12.2. The van der Waals surface area contributed by atoms with Gasteiger partial charge >= 0.3 is 0 Å². The number of carbonyl (C=O) groups excluding carboxylic acids is 1. The summed E-state index contributed by atoms with van der Waals surface area (Å²) in [6.45, 7) is 0. The molecule has 0 heterocycles. The first-order valence-electron chi connectivity index (χ1n) is 6.72. The number of hydrogen-bond acceptors (Lipinski definition) is 5. The minimum atomic E-state index is -4.08. The second-order valence-electron chi connectivity index (χ2n) is 5.20. The van der Waals surface area contributed by atoms with Crippen LogP contribution in [0.5, 0.6) is 0 Å². The predicted molar refractivity (Wildman–Crippen MR) is 81.4 cm³/mol. The summed E-state index contributed by atoms with van der Waals surface area (Å²) in [5.74, 6) is -0.938. The molecule has 0 aromatic heterocycles. The molecule has 8 heteroatoms. The summed E-state index contributed by atoms with van der Waals surface area (Å²) in [4.78, 5) is 11.7. The number of carbonyl (C=O) groups is 1. The molecule has 0 unspecified atom stereocenters. The van der Waals surface area contributed by atoms with Crippen molar-refractivity contribution in [2.24, 2.45) is 5.92 Å². The number of rotatable bonds is 4. The Morgan fingerprint density at radius 3 is 2.41 bits per heavy atom. The van der Waals surface area contributed by atoms with Crippen LogP contribution >= 0.6 is 0 Å². The molecule has 6 nitrogen and oxygen atoms in total. The van der Waals surface area contributed by atoms with E-state index in [0.29, 0.717) is 12.8 Å². The highest BCUT2D eigenvalue weighted by atomic mass is 32.2. The van der Waals surface area contributed by atoms with Crippen molar-refractivity contribution in [3.63, 3.8) is 0 Å². The highest BCUT2D eigenvalue weighted by Gasteiger charge is 2.25. The van der Waals surface area contributed by atoms with Crippen LogP contribution in [0.4, 0.5) is 0 Å². The molecular weight excluding hydrogens is 326 g/mol. The first-order chi connectivity index (χ1) is 10.2. The number of hydrogen-bond donors (Lipinski definition) is 1. The average Bonchev–Trinajstić information content (AvgIpc) is 2.47. The second kappa shape index (κ2) is 6.21. The summed E-state index contributed by atoms with van der Waals surface area (Å²) in [5.41, 5.74) is 0. The summed E-state index contributed by atoms with van der Waals surface area (Å²) < 4.78 is 49.4. The van der Waals surface area contributed by atoms with Gasteiger partial charge in [-0.15, -0.1) is 0 Å². The molecule has 1 aliphatic carbocycles. The van der Waals surface area contributed by atoms with E-state index in [4.69, 9.17) is 0 Å². The lowest BCUT2D eigenvalue weighted by Crippen LogP contribution is -2.36. The topological polar surface area (TPSA) is 97.4 Å². The molecule has 2 rings (SSSR count). The number of nitrogens with one attached hydrogen (secondary N) is 1. The molecule has 1 N–H and O–H groups in total. The van der Waals surface area contributed by atoms with Gasteiger partial charge in [0, 0.05) is 12.2 Å². The van der Waals surface area contributed by atoms with E-state index in [0.717, 1.165) is 18.7 Å². The van der Waals surface area contributed by atoms with E-state index in [-0.39, 0.29) is 15.7 Å². The average molecular weight is 343 g/mol. The summed E-state index contributed by atoms with van der Waals surface area (Å²) in [6, 6.07) is 4.94. The minimum absolute atomic E-state index is 0.108. The maximum Gasteiger partial charge on any atom is 0.264 e. The third-order valence-electron chi connectivity index (χ3n) is 3.42. The SMILES string of the molecule is CS(=O)(=O)c1cccc(S(=O)(=O)NC(=O)[C@H]2CC=CCC2)c1. The fraction of sp³-hybridized carbons (Fsp3) is 0.357. The van der Waals surface area contributed by atoms with Crippen LogP contribution in [0.3, 0.4) is 0 Å². The van der Waals surface area contributed by atoms with Crippen molar-refractivity contribution in [2.45, 2.75) is 29.1 Å². The summed E-state index contributed by atoms with van der Waals surface area (Å²) >= 11 is 0. The van der Waals surface area contributed by atoms with Gasteiger partial charge < -0.3 is 0 Å². The molecule has 1 aliphatic rings. The lowest BCUT2D eigenvalue weighted by molar-refractivity contribution is -0.123. The number of allylic oxidation sites excluding steroid dienone is 2. The summed E-state index contributed by atoms with van der Waals surface area (Å²) in [5, 5.41) is 0. The van der Waals surface area contributed by atoms with Gasteiger partial charge in [0.05, 0.1) is 9.79 Å². The summed E-state index contributed by atoms with van der Waals surface area (Å²) in [7, 11) is -7.60. The van der Waals surface area contributed by atoms with Gasteiger partial charge in [-0.3, -0.25) is 4.79 Å². The van der Waals surface area contributed by atoms with Gasteiger partial charge in [-0.1, -0.05) is 18.2 Å². The molecule has 0 saturated carbocycles. The predicted octanol–water partition coefficient (Wildman–Crippen LogP) is 1.25. The van der Waals surface area contributed by atoms with E-state index in [1.54, 1.807) is 0 Å². The molecule has 0 aliphatic heterocycles. The summed E-state index contributed by atoms with van der Waals surface area (Å²) in [6.07, 6.45) is 6.64. The van der Waals surface area contributed by atoms with E-state index in [1.165, 1.54) is 18.2 Å². The molecule has 0 spiro atoms. The largest absolute Gasteiger partial charge is 0.274 e. The van der Waals surface area contributed by atoms with Crippen LogP contribution < -0.4 is 4.72 Å². The third kappa shape index (κ3) is 3.95. The van der Waals surface area contributed by atoms with Crippen LogP contribution in [0.1, 0.15) is 19.3 Å². The van der Waals surface area contributed by atoms with Gasteiger partial charge in [0.2, 0.25) is 5.91 Å². The van der Waals surface area contributed by atoms with Gasteiger partial charge in [0.1, 0.15) is 0 Å². The number of amides is 1. The molecule has 0 bridgehead atoms. The van der Waals surface area contributed by atoms with Crippen molar-refractivity contribution >= 4 is 25.8 Å². The molecule has 1 aromatic rings. The van der Waals surface area contributed by atoms with Crippen LogP contribution in [0, 0.1) is 5.92 Å². The van der Waals surface area contributed by atoms with Crippen molar-refractivity contribution in [3.8, 4) is 0 Å². The van der Waals surface area contributed by atoms with Crippen LogP contribution in [0.25, 0.3) is 0 Å². The van der Waals surface area contributed by atoms with E-state index in [9.17, 15) is 21.6 Å². The quantitative estimate of drug-likeness (QED) is 0.830. The van der Waals surface area contributed by atoms with Gasteiger partial charge in [0.15, 0.2) is 9.84 Å². The Morgan fingerprint density at radius 2 is 1.82 bits per heavy atom. The van der Waals surface area contributed by atoms with E-state index in [2.05, 4.69) is 0 Å². The molecule has 1 atom stereocenters. The van der Waals surface area contributed by atoms with E-state index < -0.39 is 25.8 Å². The third-order valence-corrected chi connectivity index (χ3v) is 5.87. The highest BCUT2D eigenvalue weighted by Crippen LogP contribution is 2.20. The molecule has 0 saturated heterocycles. The lowest BCUT2D eigenvalue weighted by atomic mass is 9.94. The Morgan fingerprint density at radius 1 is 1.14 bits per heavy atom. The Labute approximate surface area is 130 Å². The second-order valence-corrected chi connectivity index (χ2v) is 8.90. The van der Waals surface area contributed by atoms with Crippen molar-refractivity contribution in [1.82, 2.24) is 4.72 Å². The smallest absolute Gasteiger partial charge is 0.264 e. The monoisotopic (exact) mass is 343 g/mol. The zero-order valence-electron chi connectivity index (χ0n) is 12.0. The Kier molecular flexibility index (Phi) is 4.72. The standard InChI is InChI=1S/C14H17NO5S2/c1-21(17,18)12-8-5-9-13(10-12)22(19,20)15-14(16)11-6-3-2-4-7-11/h2-3,5,8-11H,4,6-7H2,1H3,(H,15,16)/t11-/m0/s1. The zero-order chi connectivity index (χ0) is 16.4. The van der Waals surface area contributed by atoms with Crippen LogP contribution in [0.15, 0.2) is 46.2 Å². The Hall–Kier alpha value is -1.67. The van der Waals surface area contributed by atoms with Gasteiger partial charge in [0.25, 0.3) is 10.0 Å². The zero-order valence-corrected chi connectivity index (χ0v) is 13.7. The fourth-order valence-corrected chi connectivity index (χ4v) is 4.01. The normalized spacial score (nSPS) is 18.9. The van der Waals surface area contributed by atoms with Crippen molar-refractivity contribution in [1.29, 1.82) is 0 Å². The number of benzene rings is 1. The number of sulfonamides is 1. The fourth-order valence-electron chi connectivity index (χ4n) is 2.18. The first kappa shape index (κ1) is 16.7. The van der Waals surface area contributed by atoms with Crippen LogP contribution in [-0.2, 0) is 24.7 Å². The van der Waals surface area contributed by atoms with Gasteiger partial charge in [-0.05, 0) is 37.5 Å². The van der Waals surface area contributed by atoms with Crippen LogP contribution in [-0.4, -0.2) is 29.0 Å². The molecule has 22 heavy (non-hydrogen) atoms. The maximum absolute atomic E-state index is 12.2. The highest BCUT2D eigenvalue weighted by molar-refractivity contribution is 7.91. The van der Waals surface area contributed by atoms with Gasteiger partial charge in [-0.25, -0.2) is 21.6 Å². The van der Waals surface area contributed by atoms with Crippen molar-refractivity contribution in [2.75, 3.05) is 6.26 Å².